The Morgan fingerprint density at radius 3 is 2.79 bits per heavy atom. The molecule has 0 fully saturated rings. The molecule has 0 bridgehead atoms. The summed E-state index contributed by atoms with van der Waals surface area (Å²) in [5, 5.41) is 0. The van der Waals surface area contributed by atoms with Gasteiger partial charge in [0.25, 0.3) is 0 Å². The number of fused-ring (bicyclic) bond motifs is 1. The van der Waals surface area contributed by atoms with Crippen LogP contribution >= 0.6 is 27.3 Å². The van der Waals surface area contributed by atoms with Crippen molar-refractivity contribution in [2.75, 3.05) is 11.9 Å². The number of carbonyl (C=O) groups excluding carboxylic acids is 1. The van der Waals surface area contributed by atoms with Gasteiger partial charge in [-0.25, -0.2) is 4.39 Å². The Morgan fingerprint density at radius 2 is 2.16 bits per heavy atom. The van der Waals surface area contributed by atoms with Crippen LogP contribution in [0.15, 0.2) is 22.7 Å². The summed E-state index contributed by atoms with van der Waals surface area (Å²) in [5.41, 5.74) is 2.88. The minimum atomic E-state index is -0.204. The van der Waals surface area contributed by atoms with E-state index in [-0.39, 0.29) is 11.7 Å². The van der Waals surface area contributed by atoms with Crippen molar-refractivity contribution >= 4 is 38.9 Å². The van der Waals surface area contributed by atoms with Gasteiger partial charge < -0.3 is 4.90 Å². The zero-order chi connectivity index (χ0) is 13.7. The third-order valence-electron chi connectivity index (χ3n) is 3.38. The maximum absolute atomic E-state index is 13.7. The average molecular weight is 340 g/mol. The van der Waals surface area contributed by atoms with Gasteiger partial charge in [0.15, 0.2) is 5.82 Å². The Kier molecular flexibility index (Phi) is 2.98. The summed E-state index contributed by atoms with van der Waals surface area (Å²) < 4.78 is 14.3. The van der Waals surface area contributed by atoms with Crippen LogP contribution in [-0.4, -0.2) is 13.0 Å². The number of amides is 1. The van der Waals surface area contributed by atoms with Crippen LogP contribution in [0, 0.1) is 12.7 Å². The number of rotatable bonds is 1. The number of aryl methyl sites for hydroxylation is 1. The van der Waals surface area contributed by atoms with Crippen molar-refractivity contribution in [3.8, 4) is 10.4 Å². The number of hydrogen-bond acceptors (Lipinski definition) is 2. The van der Waals surface area contributed by atoms with Crippen LogP contribution in [0.2, 0.25) is 0 Å². The number of nitrogens with zero attached hydrogens (tertiary/aromatic N) is 1. The van der Waals surface area contributed by atoms with Gasteiger partial charge in [-0.2, -0.15) is 0 Å². The molecule has 0 N–H and O–H groups in total. The third-order valence-corrected chi connectivity index (χ3v) is 5.52. The Hall–Kier alpha value is -1.20. The topological polar surface area (TPSA) is 20.3 Å². The maximum atomic E-state index is 13.7. The van der Waals surface area contributed by atoms with Crippen LogP contribution in [0.4, 0.5) is 10.1 Å². The van der Waals surface area contributed by atoms with Crippen LogP contribution in [0.3, 0.4) is 0 Å². The molecule has 0 radical (unpaired) electrons. The monoisotopic (exact) mass is 339 g/mol. The van der Waals surface area contributed by atoms with Gasteiger partial charge in [-0.05, 0) is 40.0 Å². The molecule has 98 valence electrons. The summed E-state index contributed by atoms with van der Waals surface area (Å²) in [7, 11) is 1.77. The van der Waals surface area contributed by atoms with Crippen LogP contribution in [0.5, 0.6) is 0 Å². The van der Waals surface area contributed by atoms with Crippen LogP contribution in [0.25, 0.3) is 10.4 Å². The Balaban J connectivity index is 2.13. The summed E-state index contributed by atoms with van der Waals surface area (Å²) in [5.74, 6) is -0.107. The number of thiophene rings is 1. The predicted octanol–water partition coefficient (Wildman–Crippen LogP) is 4.14. The first-order chi connectivity index (χ1) is 8.99. The summed E-state index contributed by atoms with van der Waals surface area (Å²) in [6, 6.07) is 5.85. The van der Waals surface area contributed by atoms with Gasteiger partial charge in [-0.1, -0.05) is 12.1 Å². The lowest BCUT2D eigenvalue weighted by Gasteiger charge is -2.11. The summed E-state index contributed by atoms with van der Waals surface area (Å²) in [4.78, 5) is 14.8. The van der Waals surface area contributed by atoms with E-state index in [1.54, 1.807) is 18.9 Å². The highest BCUT2D eigenvalue weighted by atomic mass is 79.9. The summed E-state index contributed by atoms with van der Waals surface area (Å²) in [6.07, 6.45) is 0.450. The molecule has 0 saturated heterocycles. The number of carbonyl (C=O) groups is 1. The second-order valence-electron chi connectivity index (χ2n) is 4.59. The molecule has 1 aliphatic rings. The molecular weight excluding hydrogens is 329 g/mol. The molecule has 0 aliphatic carbocycles. The van der Waals surface area contributed by atoms with Gasteiger partial charge in [0.1, 0.15) is 0 Å². The molecule has 3 rings (SSSR count). The fourth-order valence-electron chi connectivity index (χ4n) is 2.27. The standard InChI is InChI=1S/C14H11BrFNOS/c1-7-13(16)12(15)14(19-7)9-4-3-8-6-11(18)17(2)10(8)5-9/h3-5H,6H2,1-2H3. The number of halogens is 2. The highest BCUT2D eigenvalue weighted by molar-refractivity contribution is 9.10. The van der Waals surface area contributed by atoms with E-state index in [2.05, 4.69) is 15.9 Å². The van der Waals surface area contributed by atoms with E-state index in [1.165, 1.54) is 11.3 Å². The van der Waals surface area contributed by atoms with E-state index in [4.69, 9.17) is 0 Å². The number of likely N-dealkylation sites (N-methyl/N-ethyl adjacent to an activating group) is 1. The van der Waals surface area contributed by atoms with Crippen molar-refractivity contribution in [3.05, 3.63) is 38.9 Å². The Bertz CT molecular complexity index is 695. The minimum Gasteiger partial charge on any atom is -0.315 e. The molecule has 5 heteroatoms. The molecule has 1 aliphatic heterocycles. The van der Waals surface area contributed by atoms with Crippen molar-refractivity contribution < 1.29 is 9.18 Å². The molecule has 1 amide bonds. The second-order valence-corrected chi connectivity index (χ2v) is 6.61. The normalized spacial score (nSPS) is 14.1. The molecule has 2 nitrogen and oxygen atoms in total. The van der Waals surface area contributed by atoms with Crippen molar-refractivity contribution in [3.63, 3.8) is 0 Å². The predicted molar refractivity (Wildman–Crippen MR) is 79.3 cm³/mol. The lowest BCUT2D eigenvalue weighted by atomic mass is 10.1. The number of hydrogen-bond donors (Lipinski definition) is 0. The first kappa shape index (κ1) is 12.8. The Morgan fingerprint density at radius 1 is 1.42 bits per heavy atom. The molecule has 1 aromatic heterocycles. The van der Waals surface area contributed by atoms with E-state index < -0.39 is 0 Å². The molecule has 0 spiro atoms. The molecular formula is C14H11BrFNOS. The fourth-order valence-corrected chi connectivity index (χ4v) is 4.09. The molecule has 1 aromatic carbocycles. The lowest BCUT2D eigenvalue weighted by molar-refractivity contribution is -0.117. The molecule has 2 heterocycles. The zero-order valence-electron chi connectivity index (χ0n) is 10.5. The van der Waals surface area contributed by atoms with Crippen LogP contribution in [-0.2, 0) is 11.2 Å². The van der Waals surface area contributed by atoms with Crippen molar-refractivity contribution in [1.29, 1.82) is 0 Å². The first-order valence-corrected chi connectivity index (χ1v) is 7.44. The number of anilines is 1. The van der Waals surface area contributed by atoms with E-state index in [0.29, 0.717) is 15.8 Å². The molecule has 0 atom stereocenters. The van der Waals surface area contributed by atoms with Gasteiger partial charge >= 0.3 is 0 Å². The van der Waals surface area contributed by atoms with E-state index in [9.17, 15) is 9.18 Å². The quantitative estimate of drug-likeness (QED) is 0.764. The van der Waals surface area contributed by atoms with Crippen LogP contribution in [0.1, 0.15) is 10.4 Å². The molecule has 0 unspecified atom stereocenters. The zero-order valence-corrected chi connectivity index (χ0v) is 12.9. The largest absolute Gasteiger partial charge is 0.315 e. The van der Waals surface area contributed by atoms with Crippen LogP contribution < -0.4 is 4.90 Å². The van der Waals surface area contributed by atoms with Crippen molar-refractivity contribution in [2.45, 2.75) is 13.3 Å². The van der Waals surface area contributed by atoms with Gasteiger partial charge in [0.2, 0.25) is 5.91 Å². The average Bonchev–Trinajstić information content (AvgIpc) is 2.82. The number of benzene rings is 1. The van der Waals surface area contributed by atoms with Gasteiger partial charge in [0.05, 0.1) is 15.8 Å². The second kappa shape index (κ2) is 4.42. The highest BCUT2D eigenvalue weighted by Gasteiger charge is 2.25. The van der Waals surface area contributed by atoms with Gasteiger partial charge in [0, 0.05) is 17.6 Å². The Labute approximate surface area is 123 Å². The maximum Gasteiger partial charge on any atom is 0.231 e. The third kappa shape index (κ3) is 1.92. The molecule has 2 aromatic rings. The lowest BCUT2D eigenvalue weighted by Crippen LogP contribution is -2.20. The van der Waals surface area contributed by atoms with E-state index in [0.717, 1.165) is 21.7 Å². The summed E-state index contributed by atoms with van der Waals surface area (Å²) in [6.45, 7) is 1.76. The molecule has 0 saturated carbocycles. The van der Waals surface area contributed by atoms with Crippen molar-refractivity contribution in [2.24, 2.45) is 0 Å². The van der Waals surface area contributed by atoms with Gasteiger partial charge in [-0.3, -0.25) is 4.79 Å². The first-order valence-electron chi connectivity index (χ1n) is 5.83. The van der Waals surface area contributed by atoms with E-state index in [1.807, 2.05) is 18.2 Å². The van der Waals surface area contributed by atoms with E-state index >= 15 is 0 Å². The summed E-state index contributed by atoms with van der Waals surface area (Å²) >= 11 is 4.72. The van der Waals surface area contributed by atoms with Gasteiger partial charge in [-0.15, -0.1) is 11.3 Å². The molecule has 19 heavy (non-hydrogen) atoms. The smallest absolute Gasteiger partial charge is 0.231 e. The van der Waals surface area contributed by atoms with Crippen molar-refractivity contribution in [1.82, 2.24) is 0 Å². The SMILES string of the molecule is Cc1sc(-c2ccc3c(c2)N(C)C(=O)C3)c(Br)c1F. The highest BCUT2D eigenvalue weighted by Crippen LogP contribution is 2.41. The minimum absolute atomic E-state index is 0.0970. The fraction of sp³-hybridized carbons (Fsp3) is 0.214.